The molecule has 0 aromatic carbocycles. The average molecular weight is 158 g/mol. The van der Waals surface area contributed by atoms with E-state index in [0.717, 1.165) is 13.1 Å². The lowest BCUT2D eigenvalue weighted by atomic mass is 10.4. The summed E-state index contributed by atoms with van der Waals surface area (Å²) in [6.07, 6.45) is 2.33. The van der Waals surface area contributed by atoms with Crippen LogP contribution < -0.4 is 5.43 Å². The Balaban J connectivity index is 2.23. The third-order valence-corrected chi connectivity index (χ3v) is 1.85. The van der Waals surface area contributed by atoms with Crippen molar-refractivity contribution in [2.24, 2.45) is 0 Å². The average Bonchev–Trinajstić information content (AvgIpc) is 2.39. The third-order valence-electron chi connectivity index (χ3n) is 1.85. The fraction of sp³-hybridized carbons (Fsp3) is 0.857. The second-order valence-electron chi connectivity index (χ2n) is 2.88. The molecule has 1 unspecified atom stereocenters. The summed E-state index contributed by atoms with van der Waals surface area (Å²) in [6, 6.07) is -0.465. The van der Waals surface area contributed by atoms with Crippen LogP contribution in [0.25, 0.3) is 0 Å². The van der Waals surface area contributed by atoms with Gasteiger partial charge < -0.3 is 5.11 Å². The summed E-state index contributed by atoms with van der Waals surface area (Å²) in [7, 11) is 0. The van der Waals surface area contributed by atoms with Crippen molar-refractivity contribution in [1.29, 1.82) is 0 Å². The maximum atomic E-state index is 10.4. The maximum absolute atomic E-state index is 10.4. The number of nitrogens with zero attached hydrogens (tertiary/aromatic N) is 1. The summed E-state index contributed by atoms with van der Waals surface area (Å²) in [5.74, 6) is -0.795. The van der Waals surface area contributed by atoms with Gasteiger partial charge in [-0.25, -0.2) is 10.4 Å². The quantitative estimate of drug-likeness (QED) is 0.610. The van der Waals surface area contributed by atoms with Gasteiger partial charge >= 0.3 is 5.97 Å². The maximum Gasteiger partial charge on any atom is 0.321 e. The van der Waals surface area contributed by atoms with Gasteiger partial charge in [0.2, 0.25) is 0 Å². The Kier molecular flexibility index (Phi) is 2.84. The summed E-state index contributed by atoms with van der Waals surface area (Å²) < 4.78 is 0. The Hall–Kier alpha value is -0.610. The molecule has 0 amide bonds. The van der Waals surface area contributed by atoms with Crippen LogP contribution in [0.1, 0.15) is 19.8 Å². The van der Waals surface area contributed by atoms with E-state index in [1.165, 1.54) is 12.8 Å². The van der Waals surface area contributed by atoms with Crippen LogP contribution in [0, 0.1) is 0 Å². The number of aliphatic carboxylic acids is 1. The van der Waals surface area contributed by atoms with E-state index < -0.39 is 12.0 Å². The van der Waals surface area contributed by atoms with E-state index in [2.05, 4.69) is 5.43 Å². The van der Waals surface area contributed by atoms with Gasteiger partial charge in [0.1, 0.15) is 6.04 Å². The van der Waals surface area contributed by atoms with Crippen molar-refractivity contribution in [3.63, 3.8) is 0 Å². The molecule has 1 aliphatic rings. The van der Waals surface area contributed by atoms with E-state index in [9.17, 15) is 4.79 Å². The van der Waals surface area contributed by atoms with Crippen LogP contribution >= 0.6 is 0 Å². The highest BCUT2D eigenvalue weighted by molar-refractivity contribution is 5.72. The van der Waals surface area contributed by atoms with Crippen molar-refractivity contribution in [3.05, 3.63) is 0 Å². The van der Waals surface area contributed by atoms with Gasteiger partial charge in [0.05, 0.1) is 0 Å². The second-order valence-corrected chi connectivity index (χ2v) is 2.88. The molecule has 0 aromatic heterocycles. The first-order chi connectivity index (χ1) is 5.20. The highest BCUT2D eigenvalue weighted by Crippen LogP contribution is 2.04. The van der Waals surface area contributed by atoms with Gasteiger partial charge in [-0.1, -0.05) is 0 Å². The molecule has 1 saturated heterocycles. The van der Waals surface area contributed by atoms with Gasteiger partial charge in [-0.05, 0) is 19.8 Å². The number of rotatable bonds is 3. The zero-order valence-corrected chi connectivity index (χ0v) is 6.71. The van der Waals surface area contributed by atoms with Crippen molar-refractivity contribution in [3.8, 4) is 0 Å². The molecule has 1 heterocycles. The molecule has 0 radical (unpaired) electrons. The lowest BCUT2D eigenvalue weighted by molar-refractivity contribution is -0.140. The summed E-state index contributed by atoms with van der Waals surface area (Å²) in [5, 5.41) is 10.5. The highest BCUT2D eigenvalue weighted by Gasteiger charge is 2.17. The Bertz CT molecular complexity index is 143. The highest BCUT2D eigenvalue weighted by atomic mass is 16.4. The van der Waals surface area contributed by atoms with Crippen molar-refractivity contribution >= 4 is 5.97 Å². The minimum Gasteiger partial charge on any atom is -0.480 e. The number of nitrogens with one attached hydrogen (secondary N) is 1. The van der Waals surface area contributed by atoms with E-state index in [0.29, 0.717) is 0 Å². The molecule has 0 saturated carbocycles. The molecule has 11 heavy (non-hydrogen) atoms. The molecule has 64 valence electrons. The lowest BCUT2D eigenvalue weighted by Gasteiger charge is -2.19. The third kappa shape index (κ3) is 2.48. The largest absolute Gasteiger partial charge is 0.480 e. The Morgan fingerprint density at radius 3 is 2.55 bits per heavy atom. The molecular formula is C7H14N2O2. The lowest BCUT2D eigenvalue weighted by Crippen LogP contribution is -2.45. The van der Waals surface area contributed by atoms with E-state index in [4.69, 9.17) is 5.11 Å². The summed E-state index contributed by atoms with van der Waals surface area (Å²) in [6.45, 7) is 3.59. The molecule has 4 nitrogen and oxygen atoms in total. The fourth-order valence-corrected chi connectivity index (χ4v) is 1.18. The normalized spacial score (nSPS) is 21.9. The zero-order valence-electron chi connectivity index (χ0n) is 6.71. The molecule has 1 aliphatic heterocycles. The molecule has 1 atom stereocenters. The first kappa shape index (κ1) is 8.49. The Morgan fingerprint density at radius 1 is 1.55 bits per heavy atom. The van der Waals surface area contributed by atoms with Crippen molar-refractivity contribution in [2.75, 3.05) is 13.1 Å². The summed E-state index contributed by atoms with van der Waals surface area (Å²) in [5.41, 5.74) is 2.91. The van der Waals surface area contributed by atoms with Crippen LogP contribution in [-0.2, 0) is 4.79 Å². The molecule has 4 heteroatoms. The van der Waals surface area contributed by atoms with Gasteiger partial charge in [0, 0.05) is 13.1 Å². The molecule has 0 bridgehead atoms. The number of hydrazine groups is 1. The molecule has 1 fully saturated rings. The second kappa shape index (κ2) is 3.69. The summed E-state index contributed by atoms with van der Waals surface area (Å²) >= 11 is 0. The first-order valence-corrected chi connectivity index (χ1v) is 3.94. The van der Waals surface area contributed by atoms with E-state index >= 15 is 0 Å². The fourth-order valence-electron chi connectivity index (χ4n) is 1.18. The van der Waals surface area contributed by atoms with Crippen LogP contribution in [-0.4, -0.2) is 35.2 Å². The first-order valence-electron chi connectivity index (χ1n) is 3.94. The van der Waals surface area contributed by atoms with E-state index in [1.54, 1.807) is 6.92 Å². The Labute approximate surface area is 66.2 Å². The topological polar surface area (TPSA) is 52.6 Å². The molecule has 1 rings (SSSR count). The van der Waals surface area contributed by atoms with Crippen LogP contribution in [0.3, 0.4) is 0 Å². The number of hydrogen-bond donors (Lipinski definition) is 2. The number of carbonyl (C=O) groups is 1. The molecular weight excluding hydrogens is 144 g/mol. The van der Waals surface area contributed by atoms with E-state index in [-0.39, 0.29) is 0 Å². The number of carboxylic acid groups (broad SMARTS) is 1. The van der Waals surface area contributed by atoms with Crippen LogP contribution in [0.4, 0.5) is 0 Å². The molecule has 0 aliphatic carbocycles. The van der Waals surface area contributed by atoms with Crippen LogP contribution in [0.2, 0.25) is 0 Å². The van der Waals surface area contributed by atoms with Crippen molar-refractivity contribution in [1.82, 2.24) is 10.4 Å². The number of carboxylic acids is 1. The Morgan fingerprint density at radius 2 is 2.09 bits per heavy atom. The van der Waals surface area contributed by atoms with Crippen molar-refractivity contribution < 1.29 is 9.90 Å². The predicted octanol–water partition coefficient (Wildman–Crippen LogP) is 0.0599. The van der Waals surface area contributed by atoms with Crippen LogP contribution in [0.5, 0.6) is 0 Å². The SMILES string of the molecule is CC(NN1CCCC1)C(=O)O. The minimum atomic E-state index is -0.795. The molecule has 0 spiro atoms. The van der Waals surface area contributed by atoms with Gasteiger partial charge in [-0.2, -0.15) is 0 Å². The summed E-state index contributed by atoms with van der Waals surface area (Å²) in [4.78, 5) is 10.4. The van der Waals surface area contributed by atoms with Gasteiger partial charge in [-0.3, -0.25) is 4.79 Å². The zero-order chi connectivity index (χ0) is 8.27. The molecule has 0 aromatic rings. The minimum absolute atomic E-state index is 0.465. The monoisotopic (exact) mass is 158 g/mol. The van der Waals surface area contributed by atoms with Crippen molar-refractivity contribution in [2.45, 2.75) is 25.8 Å². The van der Waals surface area contributed by atoms with Gasteiger partial charge in [-0.15, -0.1) is 0 Å². The van der Waals surface area contributed by atoms with Crippen LogP contribution in [0.15, 0.2) is 0 Å². The van der Waals surface area contributed by atoms with Gasteiger partial charge in [0.25, 0.3) is 0 Å². The predicted molar refractivity (Wildman–Crippen MR) is 41.0 cm³/mol. The molecule has 2 N–H and O–H groups in total. The smallest absolute Gasteiger partial charge is 0.321 e. The standard InChI is InChI=1S/C7H14N2O2/c1-6(7(10)11)8-9-4-2-3-5-9/h6,8H,2-5H2,1H3,(H,10,11). The van der Waals surface area contributed by atoms with Gasteiger partial charge in [0.15, 0.2) is 0 Å². The van der Waals surface area contributed by atoms with E-state index in [1.807, 2.05) is 5.01 Å². The number of hydrogen-bond acceptors (Lipinski definition) is 3.